The van der Waals surface area contributed by atoms with E-state index in [0.717, 1.165) is 18.0 Å². The maximum atomic E-state index is 12.4. The van der Waals surface area contributed by atoms with E-state index in [9.17, 15) is 9.59 Å². The highest BCUT2D eigenvalue weighted by atomic mass is 16.6. The molecule has 1 aliphatic heterocycles. The minimum absolute atomic E-state index is 0.380. The second kappa shape index (κ2) is 5.72. The predicted molar refractivity (Wildman–Crippen MR) is 82.5 cm³/mol. The van der Waals surface area contributed by atoms with Crippen molar-refractivity contribution in [1.29, 1.82) is 0 Å². The van der Waals surface area contributed by atoms with E-state index >= 15 is 0 Å². The van der Waals surface area contributed by atoms with Crippen molar-refractivity contribution in [3.8, 4) is 0 Å². The number of carbonyl (C=O) groups excluding carboxylic acids is 2. The van der Waals surface area contributed by atoms with Gasteiger partial charge < -0.3 is 14.8 Å². The third-order valence-electron chi connectivity index (χ3n) is 4.10. The number of fused-ring (bicyclic) bond motifs is 1. The van der Waals surface area contributed by atoms with Crippen LogP contribution in [0.4, 0.5) is 9.59 Å². The molecule has 1 N–H and O–H groups in total. The minimum Gasteiger partial charge on any atom is -0.449 e. The molecule has 2 rings (SSSR count). The molecule has 2 unspecified atom stereocenters. The van der Waals surface area contributed by atoms with E-state index in [0.29, 0.717) is 24.4 Å². The van der Waals surface area contributed by atoms with E-state index in [1.165, 1.54) is 0 Å². The SMILES string of the molecule is CC(C)(C)OC(=O)N(C(=O)OCC1C2CNCC21)C(C)(C)C. The highest BCUT2D eigenvalue weighted by molar-refractivity contribution is 5.89. The molecule has 6 heteroatoms. The average molecular weight is 312 g/mol. The normalized spacial score (nSPS) is 27.1. The van der Waals surface area contributed by atoms with E-state index in [2.05, 4.69) is 5.32 Å². The van der Waals surface area contributed by atoms with Crippen molar-refractivity contribution >= 4 is 12.2 Å². The monoisotopic (exact) mass is 312 g/mol. The van der Waals surface area contributed by atoms with Gasteiger partial charge in [0.2, 0.25) is 0 Å². The molecule has 0 aromatic heterocycles. The number of hydrogen-bond donors (Lipinski definition) is 1. The van der Waals surface area contributed by atoms with Gasteiger partial charge in [0, 0.05) is 11.5 Å². The first-order chi connectivity index (χ1) is 10.0. The average Bonchev–Trinajstić information content (AvgIpc) is 2.74. The molecule has 1 aliphatic carbocycles. The molecule has 22 heavy (non-hydrogen) atoms. The van der Waals surface area contributed by atoms with Crippen molar-refractivity contribution in [1.82, 2.24) is 10.2 Å². The Morgan fingerprint density at radius 3 is 2.05 bits per heavy atom. The van der Waals surface area contributed by atoms with E-state index in [4.69, 9.17) is 9.47 Å². The summed E-state index contributed by atoms with van der Waals surface area (Å²) in [6.45, 7) is 13.1. The summed E-state index contributed by atoms with van der Waals surface area (Å²) in [5, 5.41) is 3.31. The zero-order valence-corrected chi connectivity index (χ0v) is 14.4. The van der Waals surface area contributed by atoms with Crippen molar-refractivity contribution in [3.05, 3.63) is 0 Å². The van der Waals surface area contributed by atoms with Gasteiger partial charge in [-0.2, -0.15) is 0 Å². The Morgan fingerprint density at radius 1 is 1.05 bits per heavy atom. The number of nitrogens with one attached hydrogen (secondary N) is 1. The molecule has 2 amide bonds. The molecule has 0 aromatic carbocycles. The van der Waals surface area contributed by atoms with Gasteiger partial charge in [0.05, 0.1) is 6.61 Å². The van der Waals surface area contributed by atoms with Crippen LogP contribution in [0, 0.1) is 17.8 Å². The summed E-state index contributed by atoms with van der Waals surface area (Å²) in [5.41, 5.74) is -1.35. The van der Waals surface area contributed by atoms with Crippen molar-refractivity contribution in [3.63, 3.8) is 0 Å². The molecule has 6 nitrogen and oxygen atoms in total. The predicted octanol–water partition coefficient (Wildman–Crippen LogP) is 2.62. The van der Waals surface area contributed by atoms with Crippen LogP contribution in [0.3, 0.4) is 0 Å². The Morgan fingerprint density at radius 2 is 1.59 bits per heavy atom. The van der Waals surface area contributed by atoms with Crippen LogP contribution in [-0.2, 0) is 9.47 Å². The summed E-state index contributed by atoms with van der Waals surface area (Å²) < 4.78 is 10.7. The van der Waals surface area contributed by atoms with Crippen LogP contribution < -0.4 is 5.32 Å². The fourth-order valence-corrected chi connectivity index (χ4v) is 2.96. The van der Waals surface area contributed by atoms with Crippen molar-refractivity contribution in [2.45, 2.75) is 52.7 Å². The van der Waals surface area contributed by atoms with Crippen LogP contribution in [0.15, 0.2) is 0 Å². The number of piperidine rings is 1. The number of ether oxygens (including phenoxy) is 2. The fraction of sp³-hybridized carbons (Fsp3) is 0.875. The Hall–Kier alpha value is -1.30. The lowest BCUT2D eigenvalue weighted by Crippen LogP contribution is -2.51. The molecule has 1 heterocycles. The standard InChI is InChI=1S/C16H28N2O4/c1-15(2,3)18(14(20)22-16(4,5)6)13(19)21-9-12-10-7-17-8-11(10)12/h10-12,17H,7-9H2,1-6H3. The first-order valence-electron chi connectivity index (χ1n) is 7.91. The molecule has 2 fully saturated rings. The number of imide groups is 1. The third-order valence-corrected chi connectivity index (χ3v) is 4.10. The Bertz CT molecular complexity index is 440. The largest absolute Gasteiger partial charge is 0.449 e. The Balaban J connectivity index is 1.93. The third kappa shape index (κ3) is 3.91. The van der Waals surface area contributed by atoms with E-state index in [-0.39, 0.29) is 0 Å². The van der Waals surface area contributed by atoms with Crippen molar-refractivity contribution in [2.75, 3.05) is 19.7 Å². The van der Waals surface area contributed by atoms with Gasteiger partial charge >= 0.3 is 12.2 Å². The quantitative estimate of drug-likeness (QED) is 0.849. The molecule has 2 atom stereocenters. The zero-order valence-electron chi connectivity index (χ0n) is 14.4. The lowest BCUT2D eigenvalue weighted by atomic mass is 10.1. The summed E-state index contributed by atoms with van der Waals surface area (Å²) in [6, 6.07) is 0. The lowest BCUT2D eigenvalue weighted by Gasteiger charge is -2.34. The zero-order chi connectivity index (χ0) is 16.7. The van der Waals surface area contributed by atoms with Gasteiger partial charge in [-0.3, -0.25) is 0 Å². The highest BCUT2D eigenvalue weighted by Gasteiger charge is 2.53. The van der Waals surface area contributed by atoms with Crippen LogP contribution in [0.1, 0.15) is 41.5 Å². The summed E-state index contributed by atoms with van der Waals surface area (Å²) in [4.78, 5) is 25.7. The van der Waals surface area contributed by atoms with Gasteiger partial charge in [0.15, 0.2) is 0 Å². The summed E-state index contributed by atoms with van der Waals surface area (Å²) in [7, 11) is 0. The number of amides is 2. The second-order valence-corrected chi connectivity index (χ2v) is 8.21. The summed E-state index contributed by atoms with van der Waals surface area (Å²) in [6.07, 6.45) is -1.29. The van der Waals surface area contributed by atoms with Gasteiger partial charge in [-0.15, -0.1) is 0 Å². The molecule has 2 aliphatic rings. The summed E-state index contributed by atoms with van der Waals surface area (Å²) in [5.74, 6) is 1.68. The first kappa shape index (κ1) is 17.1. The van der Waals surface area contributed by atoms with Crippen LogP contribution in [0.5, 0.6) is 0 Å². The number of carbonyl (C=O) groups is 2. The van der Waals surface area contributed by atoms with Crippen LogP contribution in [-0.4, -0.2) is 47.9 Å². The maximum Gasteiger partial charge on any atom is 0.420 e. The number of hydrogen-bond acceptors (Lipinski definition) is 5. The van der Waals surface area contributed by atoms with E-state index in [1.807, 2.05) is 0 Å². The van der Waals surface area contributed by atoms with Gasteiger partial charge in [0.1, 0.15) is 5.60 Å². The van der Waals surface area contributed by atoms with E-state index in [1.54, 1.807) is 41.5 Å². The molecule has 1 saturated carbocycles. The summed E-state index contributed by atoms with van der Waals surface area (Å²) >= 11 is 0. The minimum atomic E-state index is -0.694. The Labute approximate surface area is 132 Å². The molecular weight excluding hydrogens is 284 g/mol. The van der Waals surface area contributed by atoms with Crippen molar-refractivity contribution < 1.29 is 19.1 Å². The molecule has 126 valence electrons. The molecular formula is C16H28N2O4. The van der Waals surface area contributed by atoms with E-state index < -0.39 is 23.3 Å². The number of nitrogens with zero attached hydrogens (tertiary/aromatic N) is 1. The molecule has 1 saturated heterocycles. The van der Waals surface area contributed by atoms with Crippen LogP contribution in [0.25, 0.3) is 0 Å². The topological polar surface area (TPSA) is 67.9 Å². The highest BCUT2D eigenvalue weighted by Crippen LogP contribution is 2.48. The maximum absolute atomic E-state index is 12.4. The molecule has 0 radical (unpaired) electrons. The van der Waals surface area contributed by atoms with Gasteiger partial charge in [-0.1, -0.05) is 0 Å². The second-order valence-electron chi connectivity index (χ2n) is 8.21. The molecule has 0 aromatic rings. The van der Waals surface area contributed by atoms with Crippen LogP contribution >= 0.6 is 0 Å². The first-order valence-corrected chi connectivity index (χ1v) is 7.91. The van der Waals surface area contributed by atoms with Gasteiger partial charge in [0.25, 0.3) is 0 Å². The fourth-order valence-electron chi connectivity index (χ4n) is 2.96. The smallest absolute Gasteiger partial charge is 0.420 e. The van der Waals surface area contributed by atoms with Gasteiger partial charge in [-0.25, -0.2) is 14.5 Å². The molecule has 0 spiro atoms. The van der Waals surface area contributed by atoms with Crippen molar-refractivity contribution in [2.24, 2.45) is 17.8 Å². The van der Waals surface area contributed by atoms with Crippen LogP contribution in [0.2, 0.25) is 0 Å². The number of rotatable bonds is 2. The lowest BCUT2D eigenvalue weighted by molar-refractivity contribution is 0.00336. The van der Waals surface area contributed by atoms with Gasteiger partial charge in [-0.05, 0) is 66.5 Å². The Kier molecular flexibility index (Phi) is 4.44. The molecule has 0 bridgehead atoms.